The van der Waals surface area contributed by atoms with Gasteiger partial charge in [0.1, 0.15) is 0 Å². The van der Waals surface area contributed by atoms with Crippen LogP contribution in [0.1, 0.15) is 31.1 Å². The minimum Gasteiger partial charge on any atom is -0.462 e. The lowest BCUT2D eigenvalue weighted by atomic mass is 9.96. The lowest BCUT2D eigenvalue weighted by Crippen LogP contribution is -2.07. The summed E-state index contributed by atoms with van der Waals surface area (Å²) >= 11 is 1.82. The molecule has 0 atom stereocenters. The van der Waals surface area contributed by atoms with Crippen LogP contribution in [0.4, 0.5) is 0 Å². The smallest absolute Gasteiger partial charge is 0.340 e. The highest BCUT2D eigenvalue weighted by atomic mass is 32.2. The van der Waals surface area contributed by atoms with Gasteiger partial charge < -0.3 is 4.74 Å². The minimum absolute atomic E-state index is 0.337. The second kappa shape index (κ2) is 7.70. The van der Waals surface area contributed by atoms with Gasteiger partial charge in [0.25, 0.3) is 0 Å². The van der Waals surface area contributed by atoms with Gasteiger partial charge in [0.05, 0.1) is 17.7 Å². The minimum atomic E-state index is -0.337. The van der Waals surface area contributed by atoms with Crippen molar-refractivity contribution >= 4 is 28.6 Å². The predicted molar refractivity (Wildman–Crippen MR) is 104 cm³/mol. The van der Waals surface area contributed by atoms with Crippen molar-refractivity contribution in [1.82, 2.24) is 4.98 Å². The monoisotopic (exact) mass is 351 g/mol. The first-order valence-electron chi connectivity index (χ1n) is 8.42. The molecule has 0 radical (unpaired) electrons. The number of benzene rings is 2. The number of carbonyl (C=O) groups is 1. The lowest BCUT2D eigenvalue weighted by Gasteiger charge is -2.13. The molecule has 1 heterocycles. The first-order valence-corrected chi connectivity index (χ1v) is 9.30. The summed E-state index contributed by atoms with van der Waals surface area (Å²) in [5, 5.41) is 1.49. The summed E-state index contributed by atoms with van der Waals surface area (Å²) in [6.45, 7) is 6.50. The highest BCUT2D eigenvalue weighted by Gasteiger charge is 2.18. The van der Waals surface area contributed by atoms with Gasteiger partial charge in [-0.15, -0.1) is 11.8 Å². The molecule has 128 valence electrons. The van der Waals surface area contributed by atoms with E-state index in [0.29, 0.717) is 17.4 Å². The Kier molecular flexibility index (Phi) is 5.39. The third kappa shape index (κ3) is 3.85. The van der Waals surface area contributed by atoms with Crippen molar-refractivity contribution < 1.29 is 9.53 Å². The summed E-state index contributed by atoms with van der Waals surface area (Å²) in [5.74, 6) is -0.337. The van der Waals surface area contributed by atoms with Crippen LogP contribution in [0.2, 0.25) is 0 Å². The number of fused-ring (bicyclic) bond motifs is 1. The molecule has 3 rings (SSSR count). The molecule has 0 bridgehead atoms. The fourth-order valence-electron chi connectivity index (χ4n) is 2.79. The van der Waals surface area contributed by atoms with E-state index in [9.17, 15) is 4.79 Å². The van der Waals surface area contributed by atoms with Gasteiger partial charge in [-0.2, -0.15) is 0 Å². The molecular formula is C21H21NO2S. The maximum Gasteiger partial charge on any atom is 0.340 e. The van der Waals surface area contributed by atoms with Crippen LogP contribution in [-0.4, -0.2) is 22.8 Å². The van der Waals surface area contributed by atoms with Crippen LogP contribution >= 0.6 is 11.8 Å². The molecule has 0 amide bonds. The lowest BCUT2D eigenvalue weighted by molar-refractivity contribution is 0.0527. The van der Waals surface area contributed by atoms with E-state index < -0.39 is 0 Å². The topological polar surface area (TPSA) is 39.2 Å². The molecule has 0 N–H and O–H groups in total. The number of esters is 1. The fraction of sp³-hybridized carbons (Fsp3) is 0.238. The van der Waals surface area contributed by atoms with E-state index in [1.807, 2.05) is 43.0 Å². The van der Waals surface area contributed by atoms with Gasteiger partial charge in [-0.25, -0.2) is 4.79 Å². The van der Waals surface area contributed by atoms with Crippen molar-refractivity contribution in [3.8, 4) is 11.1 Å². The number of pyridine rings is 1. The molecule has 0 unspecified atom stereocenters. The second-order valence-electron chi connectivity index (χ2n) is 5.98. The number of hydrogen-bond donors (Lipinski definition) is 0. The van der Waals surface area contributed by atoms with Gasteiger partial charge in [-0.05, 0) is 30.7 Å². The molecular weight excluding hydrogens is 330 g/mol. The quantitative estimate of drug-likeness (QED) is 0.444. The van der Waals surface area contributed by atoms with E-state index in [1.54, 1.807) is 6.20 Å². The summed E-state index contributed by atoms with van der Waals surface area (Å²) in [4.78, 5) is 18.1. The van der Waals surface area contributed by atoms with Crippen LogP contribution in [0.3, 0.4) is 0 Å². The van der Waals surface area contributed by atoms with Crippen molar-refractivity contribution in [3.63, 3.8) is 0 Å². The highest BCUT2D eigenvalue weighted by Crippen LogP contribution is 2.33. The number of carbonyl (C=O) groups excluding carboxylic acids is 1. The third-order valence-electron chi connectivity index (χ3n) is 3.79. The molecule has 3 aromatic rings. The maximum absolute atomic E-state index is 12.4. The Morgan fingerprint density at radius 2 is 1.84 bits per heavy atom. The summed E-state index contributed by atoms with van der Waals surface area (Å²) in [5.41, 5.74) is 3.25. The zero-order valence-electron chi connectivity index (χ0n) is 14.7. The molecule has 3 nitrogen and oxygen atoms in total. The van der Waals surface area contributed by atoms with Crippen molar-refractivity contribution in [2.45, 2.75) is 30.9 Å². The van der Waals surface area contributed by atoms with E-state index >= 15 is 0 Å². The van der Waals surface area contributed by atoms with Crippen LogP contribution in [-0.2, 0) is 4.74 Å². The van der Waals surface area contributed by atoms with E-state index in [-0.39, 0.29) is 5.97 Å². The van der Waals surface area contributed by atoms with Crippen molar-refractivity contribution in [2.75, 3.05) is 6.61 Å². The molecule has 0 fully saturated rings. The normalized spacial score (nSPS) is 11.0. The molecule has 25 heavy (non-hydrogen) atoms. The van der Waals surface area contributed by atoms with Crippen LogP contribution < -0.4 is 0 Å². The molecule has 0 aliphatic rings. The van der Waals surface area contributed by atoms with E-state index in [2.05, 4.69) is 43.1 Å². The van der Waals surface area contributed by atoms with Gasteiger partial charge >= 0.3 is 5.97 Å². The fourth-order valence-corrected chi connectivity index (χ4v) is 3.63. The second-order valence-corrected chi connectivity index (χ2v) is 7.63. The molecule has 0 aliphatic heterocycles. The number of para-hydroxylation sites is 1. The molecule has 0 aliphatic carbocycles. The Labute approximate surface area is 152 Å². The van der Waals surface area contributed by atoms with Gasteiger partial charge in [-0.3, -0.25) is 4.98 Å². The summed E-state index contributed by atoms with van der Waals surface area (Å²) < 4.78 is 5.23. The number of aromatic nitrogens is 1. The Hall–Kier alpha value is -2.33. The average Bonchev–Trinajstić information content (AvgIpc) is 2.61. The van der Waals surface area contributed by atoms with Crippen LogP contribution in [0, 0.1) is 0 Å². The zero-order valence-corrected chi connectivity index (χ0v) is 15.5. The molecule has 4 heteroatoms. The van der Waals surface area contributed by atoms with Gasteiger partial charge in [0.2, 0.25) is 0 Å². The Balaban J connectivity index is 2.15. The first kappa shape index (κ1) is 17.5. The third-order valence-corrected chi connectivity index (χ3v) is 4.80. The summed E-state index contributed by atoms with van der Waals surface area (Å²) in [6.07, 6.45) is 1.62. The standard InChI is InChI=1S/C21H21NO2S/c1-4-24-21(23)18-13-22-19-8-6-5-7-17(19)20(18)15-9-11-16(12-10-15)25-14(2)3/h5-14H,4H2,1-3H3. The molecule has 0 saturated heterocycles. The number of ether oxygens (including phenoxy) is 1. The van der Waals surface area contributed by atoms with Gasteiger partial charge in [0.15, 0.2) is 0 Å². The molecule has 0 spiro atoms. The summed E-state index contributed by atoms with van der Waals surface area (Å²) in [7, 11) is 0. The highest BCUT2D eigenvalue weighted by molar-refractivity contribution is 7.99. The molecule has 1 aromatic heterocycles. The van der Waals surface area contributed by atoms with Crippen molar-refractivity contribution in [2.24, 2.45) is 0 Å². The van der Waals surface area contributed by atoms with E-state index in [1.165, 1.54) is 4.90 Å². The average molecular weight is 351 g/mol. The maximum atomic E-state index is 12.4. The number of thioether (sulfide) groups is 1. The Morgan fingerprint density at radius 1 is 1.12 bits per heavy atom. The van der Waals surface area contributed by atoms with E-state index in [0.717, 1.165) is 22.0 Å². The van der Waals surface area contributed by atoms with Crippen LogP contribution in [0.15, 0.2) is 59.6 Å². The van der Waals surface area contributed by atoms with Crippen LogP contribution in [0.5, 0.6) is 0 Å². The van der Waals surface area contributed by atoms with Gasteiger partial charge in [-0.1, -0.05) is 44.2 Å². The zero-order chi connectivity index (χ0) is 17.8. The number of rotatable bonds is 5. The molecule has 2 aromatic carbocycles. The largest absolute Gasteiger partial charge is 0.462 e. The number of nitrogens with zero attached hydrogens (tertiary/aromatic N) is 1. The number of hydrogen-bond acceptors (Lipinski definition) is 4. The van der Waals surface area contributed by atoms with Crippen molar-refractivity contribution in [1.29, 1.82) is 0 Å². The Bertz CT molecular complexity index is 888. The van der Waals surface area contributed by atoms with Crippen LogP contribution in [0.25, 0.3) is 22.0 Å². The predicted octanol–water partition coefficient (Wildman–Crippen LogP) is 5.58. The molecule has 0 saturated carbocycles. The SMILES string of the molecule is CCOC(=O)c1cnc2ccccc2c1-c1ccc(SC(C)C)cc1. The Morgan fingerprint density at radius 3 is 2.52 bits per heavy atom. The van der Waals surface area contributed by atoms with E-state index in [4.69, 9.17) is 4.74 Å². The first-order chi connectivity index (χ1) is 12.1. The van der Waals surface area contributed by atoms with Crippen molar-refractivity contribution in [3.05, 3.63) is 60.3 Å². The van der Waals surface area contributed by atoms with Gasteiger partial charge in [0, 0.05) is 27.3 Å². The summed E-state index contributed by atoms with van der Waals surface area (Å²) in [6, 6.07) is 16.2.